The third-order valence-corrected chi connectivity index (χ3v) is 5.89. The maximum atomic E-state index is 12.4. The predicted octanol–water partition coefficient (Wildman–Crippen LogP) is 7.74. The van der Waals surface area contributed by atoms with Crippen LogP contribution in [0.1, 0.15) is 64.4 Å². The third-order valence-electron chi connectivity index (χ3n) is 5.38. The van der Waals surface area contributed by atoms with E-state index in [2.05, 4.69) is 0 Å². The quantitative estimate of drug-likeness (QED) is 0.173. The van der Waals surface area contributed by atoms with Crippen LogP contribution in [-0.4, -0.2) is 41.6 Å². The van der Waals surface area contributed by atoms with Gasteiger partial charge in [0.25, 0.3) is 0 Å². The van der Waals surface area contributed by atoms with Crippen LogP contribution in [-0.2, 0) is 19.1 Å². The van der Waals surface area contributed by atoms with Gasteiger partial charge in [0.05, 0.1) is 12.7 Å². The van der Waals surface area contributed by atoms with Crippen molar-refractivity contribution in [2.75, 3.05) is 6.61 Å². The van der Waals surface area contributed by atoms with Gasteiger partial charge in [-0.05, 0) is 121 Å². The monoisotopic (exact) mass is 602 g/mol. The van der Waals surface area contributed by atoms with E-state index in [1.807, 2.05) is 0 Å². The fraction of sp³-hybridized carbons (Fsp3) is 0.344. The van der Waals surface area contributed by atoms with Crippen LogP contribution < -0.4 is 9.47 Å². The molecule has 0 aliphatic heterocycles. The highest BCUT2D eigenvalue weighted by molar-refractivity contribution is 6.31. The highest BCUT2D eigenvalue weighted by atomic mass is 35.5. The number of carbonyl (C=O) groups is 3. The highest BCUT2D eigenvalue weighted by Crippen LogP contribution is 2.23. The summed E-state index contributed by atoms with van der Waals surface area (Å²) in [5.41, 5.74) is -1.04. The van der Waals surface area contributed by atoms with Crippen molar-refractivity contribution in [2.24, 2.45) is 0 Å². The van der Waals surface area contributed by atoms with E-state index in [9.17, 15) is 14.4 Å². The standard InChI is InChI=1S/C20H21ClO4.C12H15ClO3/c1-13(2)24-19(23)20(3,4)25-17-11-7-15(8-12-17)18(22)14-5-9-16(21)10-6-14;1-4-15-11(14)12(2,3)16-10-7-5-9(13)6-8-10/h5-13H,1-4H3;5-8H,4H2,1-3H3. The molecule has 7 nitrogen and oxygen atoms in total. The fourth-order valence-electron chi connectivity index (χ4n) is 3.28. The van der Waals surface area contributed by atoms with Gasteiger partial charge in [-0.2, -0.15) is 0 Å². The van der Waals surface area contributed by atoms with Crippen molar-refractivity contribution in [1.82, 2.24) is 0 Å². The summed E-state index contributed by atoms with van der Waals surface area (Å²) < 4.78 is 21.4. The molecule has 0 unspecified atom stereocenters. The van der Waals surface area contributed by atoms with Gasteiger partial charge < -0.3 is 18.9 Å². The van der Waals surface area contributed by atoms with Crippen molar-refractivity contribution in [3.05, 3.63) is 94.0 Å². The van der Waals surface area contributed by atoms with E-state index in [1.54, 1.807) is 121 Å². The molecule has 41 heavy (non-hydrogen) atoms. The summed E-state index contributed by atoms with van der Waals surface area (Å²) in [5.74, 6) is 0.135. The molecule has 9 heteroatoms. The van der Waals surface area contributed by atoms with E-state index in [0.29, 0.717) is 39.3 Å². The molecule has 0 fully saturated rings. The Bertz CT molecular complexity index is 1300. The van der Waals surface area contributed by atoms with Crippen molar-refractivity contribution >= 4 is 40.9 Å². The summed E-state index contributed by atoms with van der Waals surface area (Å²) in [6, 6.07) is 20.2. The molecule has 0 radical (unpaired) electrons. The minimum absolute atomic E-state index is 0.110. The lowest BCUT2D eigenvalue weighted by molar-refractivity contribution is -0.163. The van der Waals surface area contributed by atoms with Crippen molar-refractivity contribution in [3.63, 3.8) is 0 Å². The topological polar surface area (TPSA) is 88.1 Å². The summed E-state index contributed by atoms with van der Waals surface area (Å²) >= 11 is 11.6. The molecule has 3 aromatic rings. The van der Waals surface area contributed by atoms with Crippen LogP contribution in [0.15, 0.2) is 72.8 Å². The molecule has 0 spiro atoms. The van der Waals surface area contributed by atoms with Gasteiger partial charge in [-0.25, -0.2) is 9.59 Å². The first-order valence-electron chi connectivity index (χ1n) is 13.1. The van der Waals surface area contributed by atoms with Crippen molar-refractivity contribution in [3.8, 4) is 11.5 Å². The second-order valence-electron chi connectivity index (χ2n) is 10.2. The van der Waals surface area contributed by atoms with Gasteiger partial charge in [0.15, 0.2) is 17.0 Å². The van der Waals surface area contributed by atoms with Gasteiger partial charge in [-0.1, -0.05) is 23.2 Å². The van der Waals surface area contributed by atoms with E-state index in [1.165, 1.54) is 0 Å². The Kier molecular flexibility index (Phi) is 12.2. The van der Waals surface area contributed by atoms with Crippen LogP contribution in [0.2, 0.25) is 10.0 Å². The summed E-state index contributed by atoms with van der Waals surface area (Å²) in [4.78, 5) is 36.0. The van der Waals surface area contributed by atoms with Gasteiger partial charge in [-0.3, -0.25) is 4.79 Å². The highest BCUT2D eigenvalue weighted by Gasteiger charge is 2.33. The first-order valence-corrected chi connectivity index (χ1v) is 13.8. The van der Waals surface area contributed by atoms with Gasteiger partial charge >= 0.3 is 11.9 Å². The van der Waals surface area contributed by atoms with Crippen molar-refractivity contribution in [1.29, 1.82) is 0 Å². The second-order valence-corrected chi connectivity index (χ2v) is 11.1. The number of halogens is 2. The second kappa shape index (κ2) is 14.9. The zero-order valence-electron chi connectivity index (χ0n) is 24.3. The van der Waals surface area contributed by atoms with Gasteiger partial charge in [-0.15, -0.1) is 0 Å². The van der Waals surface area contributed by atoms with Crippen LogP contribution in [0.5, 0.6) is 11.5 Å². The van der Waals surface area contributed by atoms with E-state index < -0.39 is 17.2 Å². The molecular weight excluding hydrogens is 567 g/mol. The van der Waals surface area contributed by atoms with Gasteiger partial charge in [0, 0.05) is 21.2 Å². The maximum absolute atomic E-state index is 12.4. The van der Waals surface area contributed by atoms with Crippen LogP contribution in [0, 0.1) is 0 Å². The molecular formula is C32H36Cl2O7. The largest absolute Gasteiger partial charge is 0.476 e. The lowest BCUT2D eigenvalue weighted by Gasteiger charge is -2.25. The Morgan fingerprint density at radius 2 is 1.02 bits per heavy atom. The number of esters is 2. The molecule has 0 aliphatic carbocycles. The molecule has 0 heterocycles. The van der Waals surface area contributed by atoms with Crippen molar-refractivity contribution < 1.29 is 33.3 Å². The number of ether oxygens (including phenoxy) is 4. The molecule has 3 rings (SSSR count). The smallest absolute Gasteiger partial charge is 0.350 e. The number of carbonyl (C=O) groups excluding carboxylic acids is 3. The third kappa shape index (κ3) is 10.7. The molecule has 0 bridgehead atoms. The van der Waals surface area contributed by atoms with Crippen LogP contribution >= 0.6 is 23.2 Å². The Morgan fingerprint density at radius 3 is 1.44 bits per heavy atom. The number of hydrogen-bond acceptors (Lipinski definition) is 7. The van der Waals surface area contributed by atoms with E-state index in [0.717, 1.165) is 0 Å². The van der Waals surface area contributed by atoms with Gasteiger partial charge in [0.2, 0.25) is 0 Å². The summed E-state index contributed by atoms with van der Waals surface area (Å²) in [6.45, 7) is 12.3. The summed E-state index contributed by atoms with van der Waals surface area (Å²) in [6.07, 6.45) is -0.213. The summed E-state index contributed by atoms with van der Waals surface area (Å²) in [5, 5.41) is 1.21. The Morgan fingerprint density at radius 1 is 0.659 bits per heavy atom. The fourth-order valence-corrected chi connectivity index (χ4v) is 3.53. The molecule has 0 N–H and O–H groups in total. The molecule has 220 valence electrons. The lowest BCUT2D eigenvalue weighted by atomic mass is 10.0. The molecule has 0 aromatic heterocycles. The minimum atomic E-state index is -1.12. The number of benzene rings is 3. The van der Waals surface area contributed by atoms with Crippen LogP contribution in [0.25, 0.3) is 0 Å². The van der Waals surface area contributed by atoms with Crippen LogP contribution in [0.4, 0.5) is 0 Å². The molecule has 3 aromatic carbocycles. The normalized spacial score (nSPS) is 11.2. The predicted molar refractivity (Wildman–Crippen MR) is 160 cm³/mol. The van der Waals surface area contributed by atoms with E-state index in [-0.39, 0.29) is 17.9 Å². The maximum Gasteiger partial charge on any atom is 0.350 e. The van der Waals surface area contributed by atoms with E-state index in [4.69, 9.17) is 42.1 Å². The number of rotatable bonds is 10. The SMILES string of the molecule is CC(C)OC(=O)C(C)(C)Oc1ccc(C(=O)c2ccc(Cl)cc2)cc1.CCOC(=O)C(C)(C)Oc1ccc(Cl)cc1. The minimum Gasteiger partial charge on any atom is -0.476 e. The Balaban J connectivity index is 0.000000317. The molecule has 0 aliphatic rings. The van der Waals surface area contributed by atoms with Gasteiger partial charge in [0.1, 0.15) is 11.5 Å². The van der Waals surface area contributed by atoms with E-state index >= 15 is 0 Å². The number of ketones is 1. The zero-order valence-corrected chi connectivity index (χ0v) is 25.8. The average molecular weight is 604 g/mol. The molecule has 0 amide bonds. The first-order chi connectivity index (χ1) is 19.1. The zero-order chi connectivity index (χ0) is 30.8. The van der Waals surface area contributed by atoms with Crippen molar-refractivity contribution in [2.45, 2.75) is 65.8 Å². The lowest BCUT2D eigenvalue weighted by Crippen LogP contribution is -2.40. The Labute approximate surface area is 251 Å². The molecule has 0 atom stereocenters. The molecule has 0 saturated carbocycles. The molecule has 0 saturated heterocycles. The first kappa shape index (κ1) is 33.7. The number of hydrogen-bond donors (Lipinski definition) is 0. The Hall–Kier alpha value is -3.55. The average Bonchev–Trinajstić information content (AvgIpc) is 2.90. The summed E-state index contributed by atoms with van der Waals surface area (Å²) in [7, 11) is 0. The van der Waals surface area contributed by atoms with Crippen LogP contribution in [0.3, 0.4) is 0 Å².